The number of hydrogen-bond acceptors (Lipinski definition) is 19. The summed E-state index contributed by atoms with van der Waals surface area (Å²) in [7, 11) is 0. The molecular weight excluding hydrogens is 1320 g/mol. The van der Waals surface area contributed by atoms with E-state index in [0.717, 1.165) is 41.1 Å². The lowest BCUT2D eigenvalue weighted by Crippen LogP contribution is -2.52. The lowest BCUT2D eigenvalue weighted by atomic mass is 10.0. The first-order valence-corrected chi connectivity index (χ1v) is 31.0. The van der Waals surface area contributed by atoms with Crippen LogP contribution >= 0.6 is 0 Å². The first-order valence-electron chi connectivity index (χ1n) is 31.0. The molecule has 28 nitrogen and oxygen atoms in total. The summed E-state index contributed by atoms with van der Waals surface area (Å²) >= 11 is 0. The summed E-state index contributed by atoms with van der Waals surface area (Å²) in [6.07, 6.45) is 7.87. The largest absolute Gasteiger partial charge is 0.388 e. The third-order valence-electron chi connectivity index (χ3n) is 17.1. The molecule has 3 aromatic heterocycles. The summed E-state index contributed by atoms with van der Waals surface area (Å²) in [4.78, 5) is 191. The van der Waals surface area contributed by atoms with Gasteiger partial charge in [0.2, 0.25) is 24.3 Å². The summed E-state index contributed by atoms with van der Waals surface area (Å²) in [5, 5.41) is 9.33. The minimum absolute atomic E-state index is 0.0323. The highest BCUT2D eigenvalue weighted by molar-refractivity contribution is 5.62. The fourth-order valence-corrected chi connectivity index (χ4v) is 11.7. The van der Waals surface area contributed by atoms with Crippen LogP contribution in [0.5, 0.6) is 5.75 Å². The second-order valence-electron chi connectivity index (χ2n) is 23.4. The lowest BCUT2D eigenvalue weighted by molar-refractivity contribution is 0.502. The number of carbonyl (C=O) groups excluding carboxylic acids is 4. The van der Waals surface area contributed by atoms with E-state index in [4.69, 9.17) is 4.74 Å². The topological polar surface area (TPSA) is 349 Å². The van der Waals surface area contributed by atoms with E-state index < -0.39 is 51.2 Å². The van der Waals surface area contributed by atoms with Crippen LogP contribution in [0.2, 0.25) is 0 Å². The van der Waals surface area contributed by atoms with Gasteiger partial charge in [-0.2, -0.15) is 20.0 Å². The molecule has 9 aromatic carbocycles. The Morgan fingerprint density at radius 2 is 0.456 bits per heavy atom. The molecule has 103 heavy (non-hydrogen) atoms. The third-order valence-corrected chi connectivity index (χ3v) is 17.1. The average Bonchev–Trinajstić information content (AvgIpc) is 0.757. The number of benzene rings is 9. The minimum Gasteiger partial charge on any atom is -0.388 e. The van der Waals surface area contributed by atoms with Crippen LogP contribution in [0.25, 0.3) is 51.2 Å². The Labute approximate surface area is 577 Å². The van der Waals surface area contributed by atoms with E-state index in [-0.39, 0.29) is 92.5 Å². The molecule has 0 spiro atoms. The molecule has 0 aliphatic heterocycles. The van der Waals surface area contributed by atoms with Gasteiger partial charge in [-0.1, -0.05) is 78.9 Å². The SMILES string of the molecule is Cc1ccc(-n2c(=O)n(-c3ccc(Cc4ccc(-n5c(=O)n(-c6ccc(C)c(N=C=O)c6)c(=O)n(-c6ccc(C)c(N=C=O)c6)c5=O)cc4)cc3)c(=O)n(-c3ccc(Cc4ccc(-n5c(=O)n(-c6ccc(C)c(N=C=O)c6)c(=O)n(-c6ccc(C)c(OC#N)c6)c5=O)cc4)cc3)c2=O)cc1N=C=O. The normalized spacial score (nSPS) is 10.8. The number of ether oxygens (including phenoxy) is 1. The van der Waals surface area contributed by atoms with Crippen LogP contribution in [-0.4, -0.2) is 65.4 Å². The van der Waals surface area contributed by atoms with Crippen molar-refractivity contribution in [1.29, 1.82) is 5.26 Å². The Morgan fingerprint density at radius 1 is 0.272 bits per heavy atom. The molecule has 0 amide bonds. The van der Waals surface area contributed by atoms with Crippen LogP contribution in [0.4, 0.5) is 22.7 Å². The summed E-state index contributed by atoms with van der Waals surface area (Å²) in [6.45, 7) is 8.26. The molecule has 0 aliphatic carbocycles. The fourth-order valence-electron chi connectivity index (χ4n) is 11.7. The Bertz CT molecular complexity index is 6290. The number of nitrogens with zero attached hydrogens (tertiary/aromatic N) is 14. The summed E-state index contributed by atoms with van der Waals surface area (Å²) in [5.74, 6) is 0.0448. The van der Waals surface area contributed by atoms with E-state index >= 15 is 0 Å². The Kier molecular flexibility index (Phi) is 18.6. The molecule has 0 unspecified atom stereocenters. The zero-order valence-electron chi connectivity index (χ0n) is 54.8. The van der Waals surface area contributed by atoms with Crippen LogP contribution in [0.15, 0.2) is 251 Å². The molecule has 28 heteroatoms. The number of hydrogen-bond donors (Lipinski definition) is 0. The van der Waals surface area contributed by atoms with Crippen molar-refractivity contribution >= 4 is 47.1 Å². The monoisotopic (exact) mass is 1370 g/mol. The second kappa shape index (κ2) is 28.2. The quantitative estimate of drug-likeness (QED) is 0.0456. The summed E-state index contributed by atoms with van der Waals surface area (Å²) in [5.41, 5.74) is -4.02. The van der Waals surface area contributed by atoms with Crippen molar-refractivity contribution in [3.8, 4) is 63.2 Å². The van der Waals surface area contributed by atoms with Gasteiger partial charge in [0.25, 0.3) is 6.26 Å². The maximum absolute atomic E-state index is 14.9. The average molecular weight is 1370 g/mol. The predicted octanol–water partition coefficient (Wildman–Crippen LogP) is 7.50. The van der Waals surface area contributed by atoms with Crippen molar-refractivity contribution in [3.63, 3.8) is 0 Å². The summed E-state index contributed by atoms with van der Waals surface area (Å²) < 4.78 is 11.9. The third kappa shape index (κ3) is 12.9. The Hall–Kier alpha value is -15.0. The van der Waals surface area contributed by atoms with Crippen molar-refractivity contribution in [2.45, 2.75) is 47.5 Å². The first kappa shape index (κ1) is 68.0. The molecule has 0 bridgehead atoms. The van der Waals surface area contributed by atoms with Crippen molar-refractivity contribution in [3.05, 3.63) is 332 Å². The van der Waals surface area contributed by atoms with Gasteiger partial charge in [-0.3, -0.25) is 0 Å². The highest BCUT2D eigenvalue weighted by Crippen LogP contribution is 2.27. The zero-order chi connectivity index (χ0) is 73.1. The molecule has 0 fully saturated rings. The number of rotatable bonds is 18. The molecular formula is C75H50N14O14. The number of aromatic nitrogens is 9. The van der Waals surface area contributed by atoms with Gasteiger partial charge in [0.1, 0.15) is 5.75 Å². The highest BCUT2D eigenvalue weighted by Gasteiger charge is 2.25. The van der Waals surface area contributed by atoms with Crippen LogP contribution in [0.3, 0.4) is 0 Å². The Morgan fingerprint density at radius 3 is 0.660 bits per heavy atom. The van der Waals surface area contributed by atoms with Gasteiger partial charge in [-0.25, -0.2) is 103 Å². The lowest BCUT2D eigenvalue weighted by Gasteiger charge is -2.16. The van der Waals surface area contributed by atoms with Crippen molar-refractivity contribution < 1.29 is 23.9 Å². The molecule has 12 aromatic rings. The van der Waals surface area contributed by atoms with E-state index in [2.05, 4.69) is 20.0 Å². The molecule has 0 radical (unpaired) electrons. The molecule has 0 saturated carbocycles. The van der Waals surface area contributed by atoms with Gasteiger partial charge in [-0.05, 0) is 201 Å². The van der Waals surface area contributed by atoms with Gasteiger partial charge in [0, 0.05) is 6.07 Å². The van der Waals surface area contributed by atoms with Gasteiger partial charge in [-0.15, -0.1) is 5.26 Å². The molecule has 0 atom stereocenters. The second-order valence-corrected chi connectivity index (χ2v) is 23.4. The predicted molar refractivity (Wildman–Crippen MR) is 376 cm³/mol. The van der Waals surface area contributed by atoms with E-state index in [1.807, 2.05) is 0 Å². The van der Waals surface area contributed by atoms with Crippen LogP contribution in [0, 0.1) is 46.1 Å². The Balaban J connectivity index is 0.871. The summed E-state index contributed by atoms with van der Waals surface area (Å²) in [6, 6.07) is 46.5. The van der Waals surface area contributed by atoms with Crippen molar-refractivity contribution in [1.82, 2.24) is 41.1 Å². The van der Waals surface area contributed by atoms with E-state index in [1.54, 1.807) is 89.4 Å². The molecule has 3 heterocycles. The minimum atomic E-state index is -1.08. The van der Waals surface area contributed by atoms with E-state index in [1.165, 1.54) is 164 Å². The van der Waals surface area contributed by atoms with Gasteiger partial charge in [0.05, 0.1) is 73.9 Å². The maximum Gasteiger partial charge on any atom is 0.345 e. The van der Waals surface area contributed by atoms with Crippen molar-refractivity contribution in [2.24, 2.45) is 20.0 Å². The fraction of sp³-hybridized carbons (Fsp3) is 0.0933. The van der Waals surface area contributed by atoms with E-state index in [0.29, 0.717) is 50.1 Å². The molecule has 12 rings (SSSR count). The van der Waals surface area contributed by atoms with Crippen LogP contribution in [0.1, 0.15) is 50.1 Å². The number of aryl methyl sites for hydroxylation is 5. The molecule has 0 aliphatic rings. The first-order chi connectivity index (χ1) is 49.7. The van der Waals surface area contributed by atoms with Crippen molar-refractivity contribution in [2.75, 3.05) is 0 Å². The molecule has 0 saturated heterocycles. The highest BCUT2D eigenvalue weighted by atomic mass is 16.5. The maximum atomic E-state index is 14.9. The van der Waals surface area contributed by atoms with Gasteiger partial charge < -0.3 is 4.74 Å². The van der Waals surface area contributed by atoms with E-state index in [9.17, 15) is 67.6 Å². The molecule has 0 N–H and O–H groups in total. The van der Waals surface area contributed by atoms with Crippen LogP contribution < -0.4 is 55.9 Å². The number of isocyanates is 4. The number of nitriles is 1. The smallest absolute Gasteiger partial charge is 0.345 e. The van der Waals surface area contributed by atoms with Crippen LogP contribution in [-0.2, 0) is 32.0 Å². The van der Waals surface area contributed by atoms with Gasteiger partial charge >= 0.3 is 51.2 Å². The zero-order valence-corrected chi connectivity index (χ0v) is 54.8. The molecule has 504 valence electrons. The standard InChI is InChI=1S/C75H50N14O14/c1-44-6-19-57(34-62(44)77-40-90)85-68(95)81(53-24-11-49(12-25-53)32-51-15-28-55(29-16-51)83-70(97)86(58-20-7-45(2)63(35-58)78-41-91)74(101)87(71(83)98)59-21-8-46(3)64(36-59)79-42-92)67(94)82(69(85)96)54-26-13-50(14-27-54)33-52-17-30-56(31-18-52)84-72(99)88(60-22-9-47(4)65(37-60)80-43-93)75(102)89(73(84)100)61-23-10-48(5)66(38-61)103-39-76/h6-31,34-38H,32-33H2,1-5H3. The number of aliphatic imine (C=N–C) groups is 4. The van der Waals surface area contributed by atoms with Gasteiger partial charge in [0.15, 0.2) is 0 Å².